The first-order chi connectivity index (χ1) is 15.3. The molecule has 7 heteroatoms. The Hall–Kier alpha value is -2.15. The zero-order valence-corrected chi connectivity index (χ0v) is 19.5. The molecule has 0 bridgehead atoms. The molecular weight excluding hydrogens is 409 g/mol. The number of fused-ring (bicyclic) bond motifs is 1. The van der Waals surface area contributed by atoms with Gasteiger partial charge in [-0.15, -0.1) is 0 Å². The Balaban J connectivity index is 1.16. The molecule has 1 amide bonds. The van der Waals surface area contributed by atoms with Gasteiger partial charge in [-0.2, -0.15) is 0 Å². The maximum Gasteiger partial charge on any atom is 0.407 e. The molecule has 1 saturated carbocycles. The first kappa shape index (κ1) is 23.0. The number of hydrogen-bond acceptors (Lipinski definition) is 5. The summed E-state index contributed by atoms with van der Waals surface area (Å²) in [4.78, 5) is 14.5. The molecule has 1 N–H and O–H groups in total. The number of likely N-dealkylation sites (tertiary alicyclic amines) is 1. The fourth-order valence-corrected chi connectivity index (χ4v) is 5.09. The first-order valence-corrected chi connectivity index (χ1v) is 12.0. The highest BCUT2D eigenvalue weighted by atomic mass is 19.1. The lowest BCUT2D eigenvalue weighted by Crippen LogP contribution is -2.41. The van der Waals surface area contributed by atoms with Gasteiger partial charge in [-0.3, -0.25) is 0 Å². The predicted octanol–water partition coefficient (Wildman–Crippen LogP) is 5.62. The molecule has 0 spiro atoms. The van der Waals surface area contributed by atoms with Crippen LogP contribution in [-0.4, -0.2) is 47.4 Å². The molecule has 1 aromatic carbocycles. The number of halogens is 1. The second-order valence-corrected chi connectivity index (χ2v) is 10.5. The molecule has 0 radical (unpaired) electrons. The first-order valence-electron chi connectivity index (χ1n) is 12.0. The summed E-state index contributed by atoms with van der Waals surface area (Å²) >= 11 is 0. The SMILES string of the molecule is CC(C)(C)OC(=O)NC1CCC(CCN2CCC(c3noc4cc(F)ccc34)CC2)CC1. The van der Waals surface area contributed by atoms with Gasteiger partial charge in [0.05, 0.1) is 5.69 Å². The number of carbonyl (C=O) groups excluding carboxylic acids is 1. The summed E-state index contributed by atoms with van der Waals surface area (Å²) in [7, 11) is 0. The van der Waals surface area contributed by atoms with Crippen LogP contribution in [0.1, 0.15) is 77.3 Å². The summed E-state index contributed by atoms with van der Waals surface area (Å²) in [5.74, 6) is 0.829. The zero-order valence-electron chi connectivity index (χ0n) is 19.5. The van der Waals surface area contributed by atoms with Crippen molar-refractivity contribution in [2.24, 2.45) is 5.92 Å². The highest BCUT2D eigenvalue weighted by molar-refractivity contribution is 5.79. The molecule has 2 aromatic rings. The molecule has 2 aliphatic rings. The van der Waals surface area contributed by atoms with Crippen LogP contribution in [0.5, 0.6) is 0 Å². The van der Waals surface area contributed by atoms with E-state index in [9.17, 15) is 9.18 Å². The predicted molar refractivity (Wildman–Crippen MR) is 122 cm³/mol. The average Bonchev–Trinajstić information content (AvgIpc) is 3.15. The van der Waals surface area contributed by atoms with Gasteiger partial charge in [-0.1, -0.05) is 5.16 Å². The number of amides is 1. The second-order valence-electron chi connectivity index (χ2n) is 10.5. The quantitative estimate of drug-likeness (QED) is 0.647. The Morgan fingerprint density at radius 2 is 1.91 bits per heavy atom. The largest absolute Gasteiger partial charge is 0.444 e. The van der Waals surface area contributed by atoms with Gasteiger partial charge in [0.1, 0.15) is 11.4 Å². The number of nitrogens with one attached hydrogen (secondary N) is 1. The average molecular weight is 446 g/mol. The molecule has 176 valence electrons. The van der Waals surface area contributed by atoms with Gasteiger partial charge in [0.15, 0.2) is 5.58 Å². The van der Waals surface area contributed by atoms with E-state index in [0.717, 1.165) is 62.3 Å². The van der Waals surface area contributed by atoms with Crippen molar-refractivity contribution in [1.29, 1.82) is 0 Å². The van der Waals surface area contributed by atoms with E-state index in [1.54, 1.807) is 6.07 Å². The van der Waals surface area contributed by atoms with E-state index in [4.69, 9.17) is 9.26 Å². The molecule has 6 nitrogen and oxygen atoms in total. The molecule has 2 heterocycles. The standard InChI is InChI=1S/C25H36FN3O3/c1-25(2,3)31-24(30)27-20-7-4-17(5-8-20)10-13-29-14-11-18(12-15-29)23-21-9-6-19(26)16-22(21)32-28-23/h6,9,16-18,20H,4-5,7-8,10-15H2,1-3H3,(H,27,30). The summed E-state index contributed by atoms with van der Waals surface area (Å²) < 4.78 is 24.1. The second kappa shape index (κ2) is 9.77. The lowest BCUT2D eigenvalue weighted by atomic mass is 9.84. The molecule has 1 aliphatic heterocycles. The number of rotatable bonds is 5. The molecule has 1 aromatic heterocycles. The minimum absolute atomic E-state index is 0.239. The van der Waals surface area contributed by atoms with Crippen molar-refractivity contribution in [2.75, 3.05) is 19.6 Å². The van der Waals surface area contributed by atoms with E-state index in [1.165, 1.54) is 31.4 Å². The third-order valence-corrected chi connectivity index (χ3v) is 6.86. The van der Waals surface area contributed by atoms with Gasteiger partial charge >= 0.3 is 6.09 Å². The Bertz CT molecular complexity index is 907. The number of aromatic nitrogens is 1. The number of alkyl carbamates (subject to hydrolysis) is 1. The van der Waals surface area contributed by atoms with Gasteiger partial charge in [-0.25, -0.2) is 9.18 Å². The lowest BCUT2D eigenvalue weighted by molar-refractivity contribution is 0.0485. The minimum atomic E-state index is -0.451. The van der Waals surface area contributed by atoms with E-state index in [2.05, 4.69) is 15.4 Å². The van der Waals surface area contributed by atoms with Crippen molar-refractivity contribution in [3.05, 3.63) is 29.7 Å². The smallest absolute Gasteiger partial charge is 0.407 e. The molecular formula is C25H36FN3O3. The van der Waals surface area contributed by atoms with E-state index >= 15 is 0 Å². The molecule has 32 heavy (non-hydrogen) atoms. The van der Waals surface area contributed by atoms with Crippen LogP contribution < -0.4 is 5.32 Å². The van der Waals surface area contributed by atoms with Crippen molar-refractivity contribution in [3.8, 4) is 0 Å². The van der Waals surface area contributed by atoms with Crippen molar-refractivity contribution in [1.82, 2.24) is 15.4 Å². The van der Waals surface area contributed by atoms with Gasteiger partial charge in [0, 0.05) is 23.4 Å². The Kier molecular flexibility index (Phi) is 7.03. The normalized spacial score (nSPS) is 23.4. The Labute approximate surface area is 189 Å². The molecule has 4 rings (SSSR count). The lowest BCUT2D eigenvalue weighted by Gasteiger charge is -2.34. The number of benzene rings is 1. The molecule has 1 aliphatic carbocycles. The minimum Gasteiger partial charge on any atom is -0.444 e. The van der Waals surface area contributed by atoms with Gasteiger partial charge in [0.2, 0.25) is 0 Å². The van der Waals surface area contributed by atoms with Gasteiger partial charge < -0.3 is 19.5 Å². The highest BCUT2D eigenvalue weighted by Gasteiger charge is 2.27. The monoisotopic (exact) mass is 445 g/mol. The maximum absolute atomic E-state index is 13.4. The summed E-state index contributed by atoms with van der Waals surface area (Å²) in [6.45, 7) is 8.93. The van der Waals surface area contributed by atoms with Crippen LogP contribution in [0.3, 0.4) is 0 Å². The van der Waals surface area contributed by atoms with Crippen LogP contribution in [0.4, 0.5) is 9.18 Å². The van der Waals surface area contributed by atoms with Crippen LogP contribution >= 0.6 is 0 Å². The van der Waals surface area contributed by atoms with Gasteiger partial charge in [-0.05, 0) is 103 Å². The van der Waals surface area contributed by atoms with Crippen molar-refractivity contribution in [2.45, 2.75) is 83.3 Å². The Morgan fingerprint density at radius 1 is 1.19 bits per heavy atom. The van der Waals surface area contributed by atoms with E-state index in [-0.39, 0.29) is 18.0 Å². The number of ether oxygens (including phenoxy) is 1. The van der Waals surface area contributed by atoms with Gasteiger partial charge in [0.25, 0.3) is 0 Å². The van der Waals surface area contributed by atoms with Crippen molar-refractivity contribution < 1.29 is 18.4 Å². The van der Waals surface area contributed by atoms with Crippen molar-refractivity contribution in [3.63, 3.8) is 0 Å². The highest BCUT2D eigenvalue weighted by Crippen LogP contribution is 2.33. The van der Waals surface area contributed by atoms with Crippen LogP contribution in [0.25, 0.3) is 11.0 Å². The molecule has 1 saturated heterocycles. The Morgan fingerprint density at radius 3 is 2.59 bits per heavy atom. The number of carbonyl (C=O) groups is 1. The van der Waals surface area contributed by atoms with Crippen LogP contribution in [0, 0.1) is 11.7 Å². The molecule has 0 unspecified atom stereocenters. The number of hydrogen-bond donors (Lipinski definition) is 1. The van der Waals surface area contributed by atoms with Crippen LogP contribution in [0.2, 0.25) is 0 Å². The summed E-state index contributed by atoms with van der Waals surface area (Å²) in [5, 5.41) is 8.23. The zero-order chi connectivity index (χ0) is 22.7. The van der Waals surface area contributed by atoms with E-state index < -0.39 is 5.60 Å². The molecule has 2 fully saturated rings. The van der Waals surface area contributed by atoms with E-state index in [1.807, 2.05) is 20.8 Å². The van der Waals surface area contributed by atoms with E-state index in [0.29, 0.717) is 11.5 Å². The maximum atomic E-state index is 13.4. The molecule has 0 atom stereocenters. The van der Waals surface area contributed by atoms with Crippen LogP contribution in [0.15, 0.2) is 22.7 Å². The van der Waals surface area contributed by atoms with Crippen molar-refractivity contribution >= 4 is 17.1 Å². The third kappa shape index (κ3) is 6.00. The fourth-order valence-electron chi connectivity index (χ4n) is 5.09. The number of piperidine rings is 1. The summed E-state index contributed by atoms with van der Waals surface area (Å²) in [5.41, 5.74) is 1.07. The number of nitrogens with zero attached hydrogens (tertiary/aromatic N) is 2. The topological polar surface area (TPSA) is 67.6 Å². The fraction of sp³-hybridized carbons (Fsp3) is 0.680. The van der Waals surface area contributed by atoms with Crippen LogP contribution in [-0.2, 0) is 4.74 Å². The summed E-state index contributed by atoms with van der Waals surface area (Å²) in [6, 6.07) is 4.92. The summed E-state index contributed by atoms with van der Waals surface area (Å²) in [6.07, 6.45) is 7.44. The third-order valence-electron chi connectivity index (χ3n) is 6.86.